The lowest BCUT2D eigenvalue weighted by Gasteiger charge is -2.11. The number of nitrogens with two attached hydrogens (primary N) is 1. The maximum atomic E-state index is 11.7. The second-order valence-corrected chi connectivity index (χ2v) is 6.39. The molecule has 1 aromatic carbocycles. The first-order valence-corrected chi connectivity index (χ1v) is 8.34. The molecule has 7 heteroatoms. The summed E-state index contributed by atoms with van der Waals surface area (Å²) in [6.45, 7) is 0.524. The minimum atomic E-state index is -3.95. The van der Waals surface area contributed by atoms with E-state index < -0.39 is 16.2 Å². The van der Waals surface area contributed by atoms with Crippen molar-refractivity contribution in [1.29, 1.82) is 0 Å². The van der Waals surface area contributed by atoms with E-state index in [1.807, 2.05) is 30.3 Å². The summed E-state index contributed by atoms with van der Waals surface area (Å²) in [5, 5.41) is 0. The van der Waals surface area contributed by atoms with Crippen LogP contribution in [0.1, 0.15) is 24.8 Å². The van der Waals surface area contributed by atoms with E-state index in [9.17, 15) is 13.2 Å². The van der Waals surface area contributed by atoms with Crippen LogP contribution in [0.4, 0.5) is 0 Å². The van der Waals surface area contributed by atoms with Gasteiger partial charge in [-0.3, -0.25) is 9.35 Å². The molecule has 0 heterocycles. The average Bonchev–Trinajstić information content (AvgIpc) is 2.43. The van der Waals surface area contributed by atoms with Crippen LogP contribution in [-0.4, -0.2) is 37.2 Å². The van der Waals surface area contributed by atoms with E-state index in [-0.39, 0.29) is 31.0 Å². The highest BCUT2D eigenvalue weighted by Crippen LogP contribution is 2.04. The molecular weight excluding hydrogens is 294 g/mol. The smallest absolute Gasteiger partial charge is 0.264 e. The average molecular weight is 315 g/mol. The van der Waals surface area contributed by atoms with Crippen LogP contribution in [0.15, 0.2) is 30.3 Å². The first-order chi connectivity index (χ1) is 9.88. The maximum Gasteiger partial charge on any atom is 0.264 e. The lowest BCUT2D eigenvalue weighted by molar-refractivity contribution is -0.121. The van der Waals surface area contributed by atoms with Gasteiger partial charge in [-0.15, -0.1) is 0 Å². The van der Waals surface area contributed by atoms with Gasteiger partial charge in [0.1, 0.15) is 0 Å². The fourth-order valence-electron chi connectivity index (χ4n) is 1.74. The van der Waals surface area contributed by atoms with E-state index >= 15 is 0 Å². The van der Waals surface area contributed by atoms with Gasteiger partial charge in [0.15, 0.2) is 5.78 Å². The van der Waals surface area contributed by atoms with Gasteiger partial charge in [0, 0.05) is 6.42 Å². The third kappa shape index (κ3) is 8.56. The summed E-state index contributed by atoms with van der Waals surface area (Å²) in [5.74, 6) is -0.501. The second-order valence-electron chi connectivity index (χ2n) is 4.82. The third-order valence-corrected chi connectivity index (χ3v) is 3.70. The van der Waals surface area contributed by atoms with Crippen molar-refractivity contribution in [2.45, 2.75) is 31.9 Å². The minimum absolute atomic E-state index is 0.131. The highest BCUT2D eigenvalue weighted by Gasteiger charge is 2.14. The highest BCUT2D eigenvalue weighted by atomic mass is 32.2. The van der Waals surface area contributed by atoms with Crippen molar-refractivity contribution < 1.29 is 22.5 Å². The molecule has 0 aromatic heterocycles. The second kappa shape index (κ2) is 8.89. The first-order valence-electron chi connectivity index (χ1n) is 6.73. The Hall–Kier alpha value is -1.28. The van der Waals surface area contributed by atoms with Gasteiger partial charge in [-0.05, 0) is 18.4 Å². The predicted octanol–water partition coefficient (Wildman–Crippen LogP) is 1.16. The van der Waals surface area contributed by atoms with Crippen LogP contribution < -0.4 is 5.73 Å². The van der Waals surface area contributed by atoms with Crippen LogP contribution >= 0.6 is 0 Å². The third-order valence-electron chi connectivity index (χ3n) is 2.90. The number of hydrogen-bond acceptors (Lipinski definition) is 5. The van der Waals surface area contributed by atoms with E-state index in [0.717, 1.165) is 5.56 Å². The Labute approximate surface area is 125 Å². The van der Waals surface area contributed by atoms with Crippen molar-refractivity contribution in [3.8, 4) is 0 Å². The number of ether oxygens (including phenoxy) is 1. The maximum absolute atomic E-state index is 11.7. The first kappa shape index (κ1) is 17.8. The Morgan fingerprint density at radius 2 is 1.90 bits per heavy atom. The van der Waals surface area contributed by atoms with Crippen molar-refractivity contribution in [2.75, 3.05) is 12.4 Å². The molecule has 0 unspecified atom stereocenters. The molecule has 1 aromatic rings. The molecule has 0 aliphatic carbocycles. The van der Waals surface area contributed by atoms with Crippen LogP contribution in [0.5, 0.6) is 0 Å². The summed E-state index contributed by atoms with van der Waals surface area (Å²) < 4.78 is 35.0. The van der Waals surface area contributed by atoms with Gasteiger partial charge >= 0.3 is 0 Å². The van der Waals surface area contributed by atoms with Crippen molar-refractivity contribution in [3.63, 3.8) is 0 Å². The van der Waals surface area contributed by atoms with Gasteiger partial charge in [0.25, 0.3) is 10.1 Å². The molecule has 0 saturated carbocycles. The molecule has 0 amide bonds. The number of benzene rings is 1. The molecule has 1 atom stereocenters. The summed E-state index contributed by atoms with van der Waals surface area (Å²) in [6.07, 6.45) is 0.804. The van der Waals surface area contributed by atoms with Crippen molar-refractivity contribution in [1.82, 2.24) is 0 Å². The fourth-order valence-corrected chi connectivity index (χ4v) is 2.31. The fraction of sp³-hybridized carbons (Fsp3) is 0.500. The predicted molar refractivity (Wildman–Crippen MR) is 79.3 cm³/mol. The molecule has 21 heavy (non-hydrogen) atoms. The molecule has 0 radical (unpaired) electrons. The zero-order valence-corrected chi connectivity index (χ0v) is 12.6. The largest absolute Gasteiger partial charge is 0.375 e. The number of ketones is 1. The number of carbonyl (C=O) groups excluding carboxylic acids is 1. The standard InChI is InChI=1S/C14H21NO5S/c15-13(11-20-10-12-6-2-1-3-7-12)14(16)8-4-5-9-21(17,18)19/h1-3,6-7,13H,4-5,8-11,15H2,(H,17,18,19)/t13-/m0/s1. The SMILES string of the molecule is N[C@@H](COCc1ccccc1)C(=O)CCCCS(=O)(=O)O. The van der Waals surface area contributed by atoms with Gasteiger partial charge in [0.05, 0.1) is 25.0 Å². The van der Waals surface area contributed by atoms with Crippen LogP contribution in [-0.2, 0) is 26.3 Å². The van der Waals surface area contributed by atoms with Gasteiger partial charge in [-0.25, -0.2) is 0 Å². The quantitative estimate of drug-likeness (QED) is 0.495. The van der Waals surface area contributed by atoms with Gasteiger partial charge < -0.3 is 10.5 Å². The van der Waals surface area contributed by atoms with Crippen LogP contribution in [0.25, 0.3) is 0 Å². The van der Waals surface area contributed by atoms with Crippen molar-refractivity contribution in [3.05, 3.63) is 35.9 Å². The molecular formula is C14H21NO5S. The Bertz CT molecular complexity index is 530. The summed E-state index contributed by atoms with van der Waals surface area (Å²) in [4.78, 5) is 11.7. The van der Waals surface area contributed by atoms with Crippen LogP contribution in [0.2, 0.25) is 0 Å². The highest BCUT2D eigenvalue weighted by molar-refractivity contribution is 7.85. The molecule has 0 spiro atoms. The van der Waals surface area contributed by atoms with E-state index in [4.69, 9.17) is 15.0 Å². The summed E-state index contributed by atoms with van der Waals surface area (Å²) in [7, 11) is -3.95. The molecule has 0 saturated heterocycles. The van der Waals surface area contributed by atoms with Crippen LogP contribution in [0.3, 0.4) is 0 Å². The van der Waals surface area contributed by atoms with E-state index in [2.05, 4.69) is 0 Å². The number of Topliss-reactive ketones (excluding diaryl/α,β-unsaturated/α-hetero) is 1. The number of unbranched alkanes of at least 4 members (excludes halogenated alkanes) is 1. The summed E-state index contributed by atoms with van der Waals surface area (Å²) in [6, 6.07) is 8.84. The zero-order chi connectivity index (χ0) is 15.7. The number of rotatable bonds is 10. The normalized spacial score (nSPS) is 13.0. The molecule has 3 N–H and O–H groups in total. The molecule has 0 aliphatic heterocycles. The number of hydrogen-bond donors (Lipinski definition) is 2. The monoisotopic (exact) mass is 315 g/mol. The van der Waals surface area contributed by atoms with Crippen molar-refractivity contribution >= 4 is 15.9 Å². The lowest BCUT2D eigenvalue weighted by atomic mass is 10.1. The van der Waals surface area contributed by atoms with Gasteiger partial charge in [-0.2, -0.15) is 8.42 Å². The molecule has 0 fully saturated rings. The molecule has 1 rings (SSSR count). The van der Waals surface area contributed by atoms with Gasteiger partial charge in [-0.1, -0.05) is 30.3 Å². The molecule has 6 nitrogen and oxygen atoms in total. The van der Waals surface area contributed by atoms with E-state index in [1.165, 1.54) is 0 Å². The molecule has 118 valence electrons. The zero-order valence-electron chi connectivity index (χ0n) is 11.8. The van der Waals surface area contributed by atoms with Crippen LogP contribution in [0, 0.1) is 0 Å². The minimum Gasteiger partial charge on any atom is -0.375 e. The number of carbonyl (C=O) groups is 1. The van der Waals surface area contributed by atoms with E-state index in [0.29, 0.717) is 13.0 Å². The Morgan fingerprint density at radius 1 is 1.24 bits per heavy atom. The Morgan fingerprint density at radius 3 is 2.52 bits per heavy atom. The summed E-state index contributed by atoms with van der Waals surface area (Å²) >= 11 is 0. The van der Waals surface area contributed by atoms with Gasteiger partial charge in [0.2, 0.25) is 0 Å². The molecule has 0 aliphatic rings. The summed E-state index contributed by atoms with van der Waals surface area (Å²) in [5.41, 5.74) is 6.71. The Kier molecular flexibility index (Phi) is 7.52. The van der Waals surface area contributed by atoms with Crippen molar-refractivity contribution in [2.24, 2.45) is 5.73 Å². The molecule has 0 bridgehead atoms. The van der Waals surface area contributed by atoms with E-state index in [1.54, 1.807) is 0 Å². The Balaban J connectivity index is 2.16. The topological polar surface area (TPSA) is 107 Å². The lowest BCUT2D eigenvalue weighted by Crippen LogP contribution is -2.35.